The highest BCUT2D eigenvalue weighted by atomic mass is 15.5. The number of hydrogen-bond donors (Lipinski definition) is 0. The molecule has 306 valence electrons. The predicted octanol–water partition coefficient (Wildman–Crippen LogP) is 8.32. The molecule has 0 aliphatic carbocycles. The van der Waals surface area contributed by atoms with Crippen LogP contribution in [-0.2, 0) is 26.2 Å². The van der Waals surface area contributed by atoms with Crippen LogP contribution >= 0.6 is 0 Å². The molecule has 0 fully saturated rings. The number of aromatic nitrogens is 12. The smallest absolute Gasteiger partial charge is 0.149 e. The lowest BCUT2D eigenvalue weighted by Gasteiger charge is -2.08. The molecule has 12 nitrogen and oxygen atoms in total. The number of benzene rings is 6. The minimum atomic E-state index is 0.435. The van der Waals surface area contributed by atoms with Gasteiger partial charge in [-0.15, -0.1) is 20.4 Å². The van der Waals surface area contributed by atoms with Gasteiger partial charge in [0.1, 0.15) is 45.6 Å². The van der Waals surface area contributed by atoms with Crippen molar-refractivity contribution in [2.45, 2.75) is 26.2 Å². The summed E-state index contributed by atoms with van der Waals surface area (Å²) in [7, 11) is 0. The Morgan fingerprint density at radius 2 is 0.562 bits per heavy atom. The van der Waals surface area contributed by atoms with Crippen LogP contribution in [0.25, 0.3) is 45.3 Å². The lowest BCUT2D eigenvalue weighted by molar-refractivity contribution is 0.643. The second kappa shape index (κ2) is 18.3. The molecule has 64 heavy (non-hydrogen) atoms. The Labute approximate surface area is 369 Å². The zero-order valence-corrected chi connectivity index (χ0v) is 34.5. The van der Waals surface area contributed by atoms with Gasteiger partial charge in [0.2, 0.25) is 0 Å². The minimum absolute atomic E-state index is 0.435. The normalized spacial score (nSPS) is 10.8. The maximum atomic E-state index is 4.78. The highest BCUT2D eigenvalue weighted by molar-refractivity contribution is 5.80. The van der Waals surface area contributed by atoms with Gasteiger partial charge < -0.3 is 0 Å². The summed E-state index contributed by atoms with van der Waals surface area (Å²) in [5.74, 6) is 13.1. The Bertz CT molecular complexity index is 3040. The van der Waals surface area contributed by atoms with E-state index in [9.17, 15) is 0 Å². The second-order valence-corrected chi connectivity index (χ2v) is 15.0. The molecular formula is C52H38N12. The maximum Gasteiger partial charge on any atom is 0.149 e. The van der Waals surface area contributed by atoms with Crippen LogP contribution in [0.2, 0.25) is 0 Å². The molecule has 0 N–H and O–H groups in total. The van der Waals surface area contributed by atoms with E-state index in [1.165, 1.54) is 0 Å². The van der Waals surface area contributed by atoms with Crippen molar-refractivity contribution < 1.29 is 0 Å². The van der Waals surface area contributed by atoms with Crippen molar-refractivity contribution >= 4 is 0 Å². The maximum absolute atomic E-state index is 4.78. The van der Waals surface area contributed by atoms with Gasteiger partial charge in [0, 0.05) is 11.1 Å². The van der Waals surface area contributed by atoms with E-state index >= 15 is 0 Å². The fraction of sp³-hybridized carbons (Fsp3) is 0.0769. The van der Waals surface area contributed by atoms with E-state index in [1.807, 2.05) is 143 Å². The molecule has 0 saturated heterocycles. The largest absolute Gasteiger partial charge is 0.238 e. The summed E-state index contributed by atoms with van der Waals surface area (Å²) in [5.41, 5.74) is 11.0. The molecule has 4 aromatic heterocycles. The van der Waals surface area contributed by atoms with Gasteiger partial charge in [-0.25, -0.2) is 18.7 Å². The van der Waals surface area contributed by atoms with Gasteiger partial charge in [0.05, 0.1) is 26.2 Å². The van der Waals surface area contributed by atoms with Crippen molar-refractivity contribution in [1.29, 1.82) is 0 Å². The molecule has 0 spiro atoms. The second-order valence-electron chi connectivity index (χ2n) is 15.0. The van der Waals surface area contributed by atoms with Crippen LogP contribution in [0.5, 0.6) is 0 Å². The molecule has 0 aliphatic rings. The SMILES string of the molecule is C(C#Cc1c(-c2c(-c3ccccc3)nnn2Cc2ccccc2)nnn1Cc1ccccc1)#Cc1c(-c2c(-c3ccccc3)nnn2Cc2ccccc2)nnn1Cc1ccccc1. The van der Waals surface area contributed by atoms with Gasteiger partial charge in [0.25, 0.3) is 0 Å². The fourth-order valence-corrected chi connectivity index (χ4v) is 7.52. The highest BCUT2D eigenvalue weighted by Gasteiger charge is 2.26. The first-order valence-electron chi connectivity index (χ1n) is 20.8. The average molecular weight is 831 g/mol. The summed E-state index contributed by atoms with van der Waals surface area (Å²) in [4.78, 5) is 0. The van der Waals surface area contributed by atoms with Gasteiger partial charge in [-0.1, -0.05) is 203 Å². The molecule has 0 unspecified atom stereocenters. The van der Waals surface area contributed by atoms with Gasteiger partial charge in [-0.3, -0.25) is 0 Å². The fourth-order valence-electron chi connectivity index (χ4n) is 7.52. The predicted molar refractivity (Wildman–Crippen MR) is 245 cm³/mol. The number of nitrogens with zero attached hydrogens (tertiary/aromatic N) is 12. The first kappa shape index (κ1) is 39.2. The summed E-state index contributed by atoms with van der Waals surface area (Å²) in [6.45, 7) is 1.81. The van der Waals surface area contributed by atoms with E-state index in [0.29, 0.717) is 71.7 Å². The number of rotatable bonds is 12. The van der Waals surface area contributed by atoms with Crippen LogP contribution in [0.4, 0.5) is 0 Å². The standard InChI is InChI=1S/C52H38N12/c1-7-21-39(22-8-1)35-61-45(49(55-57-61)51-47(43-29-15-5-16-30-43)53-59-63(51)37-41-25-11-3-12-26-41)33-19-20-34-46-50(56-58-62(46)36-40-23-9-2-10-24-40)52-48(44-31-17-6-18-32-44)54-60-64(52)38-42-27-13-4-14-28-42/h1-18,21-32H,35-38H2. The average Bonchev–Trinajstić information content (AvgIpc) is 4.15. The monoisotopic (exact) mass is 830 g/mol. The summed E-state index contributed by atoms with van der Waals surface area (Å²) in [6.07, 6.45) is 0. The van der Waals surface area contributed by atoms with Crippen LogP contribution in [0, 0.1) is 23.7 Å². The van der Waals surface area contributed by atoms with Crippen molar-refractivity contribution in [3.05, 3.63) is 216 Å². The van der Waals surface area contributed by atoms with Crippen LogP contribution in [0.15, 0.2) is 182 Å². The van der Waals surface area contributed by atoms with Crippen LogP contribution in [-0.4, -0.2) is 60.0 Å². The zero-order valence-electron chi connectivity index (χ0n) is 34.5. The van der Waals surface area contributed by atoms with E-state index in [1.54, 1.807) is 9.36 Å². The van der Waals surface area contributed by atoms with E-state index in [2.05, 4.69) is 93.1 Å². The lowest BCUT2D eigenvalue weighted by atomic mass is 10.1. The molecule has 10 aromatic rings. The molecule has 0 bridgehead atoms. The van der Waals surface area contributed by atoms with Gasteiger partial charge >= 0.3 is 0 Å². The third-order valence-corrected chi connectivity index (χ3v) is 10.6. The minimum Gasteiger partial charge on any atom is -0.238 e. The Hall–Kier alpha value is -9.00. The van der Waals surface area contributed by atoms with Crippen molar-refractivity contribution in [3.8, 4) is 69.0 Å². The quantitative estimate of drug-likeness (QED) is 0.113. The Morgan fingerprint density at radius 3 is 0.891 bits per heavy atom. The Balaban J connectivity index is 1.12. The molecule has 0 saturated carbocycles. The first-order valence-corrected chi connectivity index (χ1v) is 20.8. The summed E-state index contributed by atoms with van der Waals surface area (Å²) >= 11 is 0. The van der Waals surface area contributed by atoms with Crippen molar-refractivity contribution in [2.75, 3.05) is 0 Å². The summed E-state index contributed by atoms with van der Waals surface area (Å²) in [5, 5.41) is 37.6. The molecule has 4 heterocycles. The molecule has 0 amide bonds. The molecule has 10 rings (SSSR count). The third-order valence-electron chi connectivity index (χ3n) is 10.6. The molecule has 0 radical (unpaired) electrons. The van der Waals surface area contributed by atoms with Crippen LogP contribution < -0.4 is 0 Å². The van der Waals surface area contributed by atoms with Gasteiger partial charge in [-0.2, -0.15) is 0 Å². The van der Waals surface area contributed by atoms with E-state index in [4.69, 9.17) is 20.4 Å². The topological polar surface area (TPSA) is 123 Å². The molecule has 0 aliphatic heterocycles. The van der Waals surface area contributed by atoms with Crippen LogP contribution in [0.3, 0.4) is 0 Å². The lowest BCUT2D eigenvalue weighted by Crippen LogP contribution is -2.07. The Morgan fingerprint density at radius 1 is 0.297 bits per heavy atom. The van der Waals surface area contributed by atoms with Crippen LogP contribution in [0.1, 0.15) is 33.6 Å². The summed E-state index contributed by atoms with van der Waals surface area (Å²) in [6, 6.07) is 60.5. The number of hydrogen-bond acceptors (Lipinski definition) is 8. The molecule has 6 aromatic carbocycles. The third kappa shape index (κ3) is 8.48. The molecule has 0 atom stereocenters. The van der Waals surface area contributed by atoms with Gasteiger partial charge in [0.15, 0.2) is 0 Å². The summed E-state index contributed by atoms with van der Waals surface area (Å²) < 4.78 is 7.34. The Kier molecular flexibility index (Phi) is 11.2. The van der Waals surface area contributed by atoms with E-state index in [0.717, 1.165) is 33.4 Å². The first-order chi connectivity index (χ1) is 31.7. The van der Waals surface area contributed by atoms with Crippen molar-refractivity contribution in [3.63, 3.8) is 0 Å². The molecule has 12 heteroatoms. The molecular weight excluding hydrogens is 793 g/mol. The van der Waals surface area contributed by atoms with Crippen molar-refractivity contribution in [1.82, 2.24) is 60.0 Å². The van der Waals surface area contributed by atoms with E-state index in [-0.39, 0.29) is 0 Å². The van der Waals surface area contributed by atoms with Gasteiger partial charge in [-0.05, 0) is 45.9 Å². The van der Waals surface area contributed by atoms with Crippen molar-refractivity contribution in [2.24, 2.45) is 0 Å². The zero-order chi connectivity index (χ0) is 42.9. The highest BCUT2D eigenvalue weighted by Crippen LogP contribution is 2.33. The van der Waals surface area contributed by atoms with E-state index < -0.39 is 0 Å².